The van der Waals surface area contributed by atoms with Crippen LogP contribution in [0.2, 0.25) is 0 Å². The van der Waals surface area contributed by atoms with Crippen LogP contribution in [0.15, 0.2) is 64.5 Å². The van der Waals surface area contributed by atoms with Crippen LogP contribution in [-0.4, -0.2) is 41.5 Å². The number of amides is 1. The van der Waals surface area contributed by atoms with E-state index in [-0.39, 0.29) is 17.6 Å². The number of hydrogen-bond acceptors (Lipinski definition) is 8. The third kappa shape index (κ3) is 5.64. The fraction of sp³-hybridized carbons (Fsp3) is 0.304. The van der Waals surface area contributed by atoms with E-state index in [1.54, 1.807) is 12.4 Å². The molecule has 0 saturated heterocycles. The van der Waals surface area contributed by atoms with Crippen molar-refractivity contribution in [2.45, 2.75) is 38.5 Å². The molecule has 0 saturated carbocycles. The zero-order valence-corrected chi connectivity index (χ0v) is 19.5. The van der Waals surface area contributed by atoms with E-state index in [4.69, 9.17) is 4.52 Å². The van der Waals surface area contributed by atoms with Crippen LogP contribution in [0, 0.1) is 12.8 Å². The Hall–Kier alpha value is -3.53. The molecule has 33 heavy (non-hydrogen) atoms. The minimum atomic E-state index is -0.398. The normalized spacial score (nSPS) is 12.1. The van der Waals surface area contributed by atoms with Gasteiger partial charge in [-0.15, -0.1) is 10.2 Å². The molecule has 1 unspecified atom stereocenters. The molecule has 1 amide bonds. The number of aromatic nitrogens is 6. The number of carbonyl (C=O) groups is 1. The molecule has 0 aliphatic heterocycles. The van der Waals surface area contributed by atoms with E-state index in [0.717, 1.165) is 17.0 Å². The van der Waals surface area contributed by atoms with Crippen LogP contribution in [0.25, 0.3) is 11.4 Å². The van der Waals surface area contributed by atoms with Gasteiger partial charge in [0, 0.05) is 18.0 Å². The van der Waals surface area contributed by atoms with E-state index in [1.807, 2.05) is 55.7 Å². The summed E-state index contributed by atoms with van der Waals surface area (Å²) in [5, 5.41) is 16.2. The highest BCUT2D eigenvalue weighted by Crippen LogP contribution is 2.24. The van der Waals surface area contributed by atoms with Gasteiger partial charge in [0.25, 0.3) is 0 Å². The molecule has 3 heterocycles. The van der Waals surface area contributed by atoms with Crippen LogP contribution in [-0.2, 0) is 11.3 Å². The number of aryl methyl sites for hydroxylation is 1. The predicted molar refractivity (Wildman–Crippen MR) is 124 cm³/mol. The molecule has 0 aliphatic carbocycles. The lowest BCUT2D eigenvalue weighted by Gasteiger charge is -2.18. The van der Waals surface area contributed by atoms with Gasteiger partial charge < -0.3 is 14.4 Å². The van der Waals surface area contributed by atoms with Crippen molar-refractivity contribution in [3.63, 3.8) is 0 Å². The van der Waals surface area contributed by atoms with Gasteiger partial charge in [-0.1, -0.05) is 61.1 Å². The first kappa shape index (κ1) is 22.7. The Kier molecular flexibility index (Phi) is 7.13. The number of nitrogens with one attached hydrogen (secondary N) is 1. The number of carbonyl (C=O) groups excluding carboxylic acids is 1. The first-order valence-electron chi connectivity index (χ1n) is 10.6. The van der Waals surface area contributed by atoms with Crippen molar-refractivity contribution < 1.29 is 9.32 Å². The maximum atomic E-state index is 12.8. The van der Waals surface area contributed by atoms with E-state index in [1.165, 1.54) is 11.8 Å². The summed E-state index contributed by atoms with van der Waals surface area (Å²) in [6.07, 6.45) is 3.34. The molecular weight excluding hydrogens is 438 g/mol. The van der Waals surface area contributed by atoms with Gasteiger partial charge in [-0.05, 0) is 30.5 Å². The highest BCUT2D eigenvalue weighted by molar-refractivity contribution is 7.99. The average Bonchev–Trinajstić information content (AvgIpc) is 3.45. The number of thioether (sulfide) groups is 1. The molecule has 3 aromatic heterocycles. The van der Waals surface area contributed by atoms with Crippen molar-refractivity contribution in [3.8, 4) is 11.4 Å². The van der Waals surface area contributed by atoms with E-state index < -0.39 is 6.04 Å². The van der Waals surface area contributed by atoms with Gasteiger partial charge in [0.1, 0.15) is 11.9 Å². The summed E-state index contributed by atoms with van der Waals surface area (Å²) in [5.41, 5.74) is 1.95. The van der Waals surface area contributed by atoms with Gasteiger partial charge in [0.05, 0.1) is 12.3 Å². The average molecular weight is 464 g/mol. The quantitative estimate of drug-likeness (QED) is 0.374. The molecule has 0 radical (unpaired) electrons. The summed E-state index contributed by atoms with van der Waals surface area (Å²) in [6, 6.07) is 13.3. The second-order valence-electron chi connectivity index (χ2n) is 7.87. The largest absolute Gasteiger partial charge is 0.343 e. The van der Waals surface area contributed by atoms with Gasteiger partial charge in [-0.3, -0.25) is 9.78 Å². The van der Waals surface area contributed by atoms with Crippen molar-refractivity contribution in [1.82, 2.24) is 35.2 Å². The number of hydrogen-bond donors (Lipinski definition) is 1. The van der Waals surface area contributed by atoms with E-state index in [2.05, 4.69) is 42.8 Å². The van der Waals surface area contributed by atoms with E-state index in [9.17, 15) is 4.79 Å². The fourth-order valence-corrected chi connectivity index (χ4v) is 4.05. The highest BCUT2D eigenvalue weighted by Gasteiger charge is 2.25. The van der Waals surface area contributed by atoms with Crippen LogP contribution >= 0.6 is 11.8 Å². The van der Waals surface area contributed by atoms with Crippen molar-refractivity contribution in [2.24, 2.45) is 5.92 Å². The summed E-state index contributed by atoms with van der Waals surface area (Å²) in [7, 11) is 0. The second kappa shape index (κ2) is 10.4. The van der Waals surface area contributed by atoms with Gasteiger partial charge in [-0.2, -0.15) is 4.98 Å². The van der Waals surface area contributed by atoms with Crippen molar-refractivity contribution in [3.05, 3.63) is 72.1 Å². The lowest BCUT2D eigenvalue weighted by Crippen LogP contribution is -2.33. The number of pyridine rings is 1. The standard InChI is InChI=1S/C23H25N7O2S/c1-15(2)20(22-26-21(29-32-22)18-9-11-24-12-10-18)25-19(31)14-33-23-28-27-16(3)30(23)13-17-7-5-4-6-8-17/h4-12,15,20H,13-14H2,1-3H3,(H,25,31). The monoisotopic (exact) mass is 463 g/mol. The lowest BCUT2D eigenvalue weighted by atomic mass is 10.0. The molecule has 10 heteroatoms. The van der Waals surface area contributed by atoms with Crippen LogP contribution in [0.3, 0.4) is 0 Å². The zero-order valence-electron chi connectivity index (χ0n) is 18.7. The lowest BCUT2D eigenvalue weighted by molar-refractivity contribution is -0.119. The smallest absolute Gasteiger partial charge is 0.249 e. The topological polar surface area (TPSA) is 112 Å². The number of nitrogens with zero attached hydrogens (tertiary/aromatic N) is 6. The Labute approximate surface area is 196 Å². The summed E-state index contributed by atoms with van der Waals surface area (Å²) >= 11 is 1.35. The SMILES string of the molecule is Cc1nnc(SCC(=O)NC(c2nc(-c3ccncc3)no2)C(C)C)n1Cc1ccccc1. The van der Waals surface area contributed by atoms with Gasteiger partial charge >= 0.3 is 0 Å². The number of rotatable bonds is 9. The molecule has 1 N–H and O–H groups in total. The van der Waals surface area contributed by atoms with Crippen molar-refractivity contribution >= 4 is 17.7 Å². The Morgan fingerprint density at radius 3 is 2.61 bits per heavy atom. The second-order valence-corrected chi connectivity index (χ2v) is 8.81. The highest BCUT2D eigenvalue weighted by atomic mass is 32.2. The predicted octanol–water partition coefficient (Wildman–Crippen LogP) is 3.69. The van der Waals surface area contributed by atoms with Crippen molar-refractivity contribution in [1.29, 1.82) is 0 Å². The molecular formula is C23H25N7O2S. The third-order valence-electron chi connectivity index (χ3n) is 5.05. The van der Waals surface area contributed by atoms with Gasteiger partial charge in [-0.25, -0.2) is 0 Å². The summed E-state index contributed by atoms with van der Waals surface area (Å²) in [6.45, 7) is 6.55. The molecule has 1 aromatic carbocycles. The Morgan fingerprint density at radius 1 is 1.12 bits per heavy atom. The number of benzene rings is 1. The van der Waals surface area contributed by atoms with Crippen molar-refractivity contribution in [2.75, 3.05) is 5.75 Å². The summed E-state index contributed by atoms with van der Waals surface area (Å²) < 4.78 is 7.47. The third-order valence-corrected chi connectivity index (χ3v) is 6.01. The Morgan fingerprint density at radius 2 is 1.88 bits per heavy atom. The molecule has 4 aromatic rings. The maximum Gasteiger partial charge on any atom is 0.249 e. The first-order chi connectivity index (χ1) is 16.0. The molecule has 0 aliphatic rings. The molecule has 9 nitrogen and oxygen atoms in total. The summed E-state index contributed by atoms with van der Waals surface area (Å²) in [4.78, 5) is 21.3. The minimum absolute atomic E-state index is 0.0636. The molecule has 4 rings (SSSR count). The zero-order chi connectivity index (χ0) is 23.2. The minimum Gasteiger partial charge on any atom is -0.343 e. The van der Waals surface area contributed by atoms with Crippen LogP contribution in [0.5, 0.6) is 0 Å². The molecule has 1 atom stereocenters. The van der Waals surface area contributed by atoms with E-state index >= 15 is 0 Å². The fourth-order valence-electron chi connectivity index (χ4n) is 3.25. The van der Waals surface area contributed by atoms with E-state index in [0.29, 0.717) is 23.4 Å². The molecule has 0 fully saturated rings. The molecule has 0 spiro atoms. The van der Waals surface area contributed by atoms with Crippen LogP contribution in [0.1, 0.15) is 37.2 Å². The first-order valence-corrected chi connectivity index (χ1v) is 11.6. The van der Waals surface area contributed by atoms with Crippen LogP contribution < -0.4 is 5.32 Å². The molecule has 170 valence electrons. The maximum absolute atomic E-state index is 12.8. The van der Waals surface area contributed by atoms with Crippen LogP contribution in [0.4, 0.5) is 0 Å². The van der Waals surface area contributed by atoms with Gasteiger partial charge in [0.2, 0.25) is 17.6 Å². The Bertz CT molecular complexity index is 1190. The molecule has 0 bridgehead atoms. The van der Waals surface area contributed by atoms with Gasteiger partial charge in [0.15, 0.2) is 5.16 Å². The summed E-state index contributed by atoms with van der Waals surface area (Å²) in [5.74, 6) is 1.75. The Balaban J connectivity index is 1.40.